The molecule has 13 aromatic rings. The molecule has 0 aliphatic heterocycles. The van der Waals surface area contributed by atoms with Crippen molar-refractivity contribution in [2.75, 3.05) is 40.3 Å². The van der Waals surface area contributed by atoms with Gasteiger partial charge in [-0.2, -0.15) is 4.39 Å². The summed E-state index contributed by atoms with van der Waals surface area (Å²) in [6.07, 6.45) is 20.1. The van der Waals surface area contributed by atoms with Gasteiger partial charge in [-0.15, -0.1) is 186 Å². The Labute approximate surface area is 713 Å². The van der Waals surface area contributed by atoms with E-state index < -0.39 is 0 Å². The molecule has 0 amide bonds. The van der Waals surface area contributed by atoms with Crippen molar-refractivity contribution in [1.29, 1.82) is 0 Å². The van der Waals surface area contributed by atoms with Gasteiger partial charge in [0.2, 0.25) is 11.8 Å². The van der Waals surface area contributed by atoms with Crippen molar-refractivity contribution in [3.63, 3.8) is 0 Å². The van der Waals surface area contributed by atoms with E-state index in [1.165, 1.54) is 56.2 Å². The normalized spacial score (nSPS) is 9.84. The molecule has 0 saturated heterocycles. The molecule has 2 N–H and O–H groups in total. The van der Waals surface area contributed by atoms with E-state index in [0.29, 0.717) is 11.6 Å². The number of ketones is 2. The zero-order valence-corrected chi connectivity index (χ0v) is 76.1. The van der Waals surface area contributed by atoms with Crippen LogP contribution in [0.2, 0.25) is 0 Å². The van der Waals surface area contributed by atoms with Crippen molar-refractivity contribution in [2.45, 2.75) is 34.2 Å². The maximum absolute atomic E-state index is 12.9. The van der Waals surface area contributed by atoms with Gasteiger partial charge in [0.15, 0.2) is 11.6 Å². The van der Waals surface area contributed by atoms with Gasteiger partial charge in [0, 0.05) is 236 Å². The van der Waals surface area contributed by atoms with E-state index in [9.17, 15) is 14.0 Å². The Hall–Kier alpha value is -8.75. The Balaban J connectivity index is 0.00000122. The largest absolute Gasteiger partial charge is 0.540 e. The minimum Gasteiger partial charge on any atom is -0.540 e. The van der Waals surface area contributed by atoms with E-state index in [4.69, 9.17) is 24.4 Å². The quantitative estimate of drug-likeness (QED) is 0.0589. The van der Waals surface area contributed by atoms with Crippen molar-refractivity contribution in [3.05, 3.63) is 291 Å². The van der Waals surface area contributed by atoms with Crippen molar-refractivity contribution < 1.29 is 159 Å². The van der Waals surface area contributed by atoms with Crippen LogP contribution in [0.1, 0.15) is 33.3 Å². The number of carbonyl (C=O) groups is 2. The fourth-order valence-corrected chi connectivity index (χ4v) is 9.25. The molecule has 0 fully saturated rings. The number of benzene rings is 7. The molecule has 582 valence electrons. The number of aliphatic hydroxyl groups is 2. The first-order valence-corrected chi connectivity index (χ1v) is 31.8. The third-order valence-electron chi connectivity index (χ3n) is 14.2. The molecule has 0 saturated carbocycles. The van der Waals surface area contributed by atoms with E-state index in [1.807, 2.05) is 207 Å². The number of imidazole rings is 6. The Morgan fingerprint density at radius 1 is 0.463 bits per heavy atom. The molecule has 27 heteroatoms. The van der Waals surface area contributed by atoms with Gasteiger partial charge < -0.3 is 56.7 Å². The Bertz CT molecular complexity index is 4650. The molecule has 13 rings (SSSR count). The third-order valence-corrected chi connectivity index (χ3v) is 14.2. The second kappa shape index (κ2) is 53.1. The fraction of sp³-hybridized carbons (Fsp3) is 0.185. The minimum atomic E-state index is -0.341. The maximum Gasteiger partial charge on any atom is 0.204 e. The number of aryl methyl sites for hydroxylation is 3. The van der Waals surface area contributed by atoms with E-state index >= 15 is 0 Å². The number of rotatable bonds is 14. The topological polar surface area (TPSA) is 212 Å². The molecule has 0 aliphatic carbocycles. The Morgan fingerprint density at radius 2 is 0.880 bits per heavy atom. The summed E-state index contributed by atoms with van der Waals surface area (Å²) in [4.78, 5) is 47.5. The van der Waals surface area contributed by atoms with Gasteiger partial charge in [-0.3, -0.25) is 39.5 Å². The first kappa shape index (κ1) is 99.2. The monoisotopic (exact) mass is 2530 g/mol. The average Bonchev–Trinajstić information content (AvgIpc) is 1.51. The molecule has 7 aromatic carbocycles. The van der Waals surface area contributed by atoms with Crippen LogP contribution in [0.4, 0.5) is 10.1 Å². The first-order chi connectivity index (χ1) is 49.1. The van der Waals surface area contributed by atoms with Gasteiger partial charge in [-0.05, 0) is 53.0 Å². The van der Waals surface area contributed by atoms with Gasteiger partial charge in [0.25, 0.3) is 0 Å². The van der Waals surface area contributed by atoms with Crippen molar-refractivity contribution in [2.24, 2.45) is 35.2 Å². The van der Waals surface area contributed by atoms with Crippen LogP contribution < -0.4 is 19.1 Å². The number of hydrogen-bond acceptors (Lipinski definition) is 14. The number of anilines is 1. The van der Waals surface area contributed by atoms with Gasteiger partial charge >= 0.3 is 0 Å². The number of nitrogens with zero attached hydrogens (tertiary/aromatic N) is 13. The van der Waals surface area contributed by atoms with Gasteiger partial charge in [-0.1, -0.05) is 42.0 Å². The summed E-state index contributed by atoms with van der Waals surface area (Å²) in [6.45, 7) is 6.53. The Morgan fingerprint density at radius 3 is 1.23 bits per heavy atom. The SMILES string of the molecule is CC(=O)C=C(C)O.CC(=O)C=C(C)O.CN(C)c1c[c-]c(-c2nccn2C)cc1.COc1c[c-]c(-c2nccn2C)c(OC)c1.COc1cnc(-c2[c-]cccc2)n1C.Cn1c(F)cnc1-c1[c-]cccc1.Cn1ccnc1-c1[c-]cccc1.[Ir].[Ir].[Ir].[Ir].[Ir].[Ir].[c-]1ccccc1-c1nccn1Cc1ccccc1. The molecule has 0 unspecified atom stereocenters. The van der Waals surface area contributed by atoms with E-state index in [0.717, 1.165) is 86.4 Å². The minimum absolute atomic E-state index is 0. The van der Waals surface area contributed by atoms with Crippen LogP contribution in [0.15, 0.2) is 243 Å². The van der Waals surface area contributed by atoms with Crippen LogP contribution in [0, 0.1) is 42.3 Å². The Kier molecular flexibility index (Phi) is 48.8. The van der Waals surface area contributed by atoms with Gasteiger partial charge in [0.05, 0.1) is 80.2 Å². The predicted octanol–water partition coefficient (Wildman–Crippen LogP) is 15.1. The molecule has 0 bridgehead atoms. The molecule has 20 nitrogen and oxygen atoms in total. The maximum atomic E-state index is 12.9. The van der Waals surface area contributed by atoms with E-state index in [1.54, 1.807) is 65.3 Å². The molecule has 0 atom stereocenters. The van der Waals surface area contributed by atoms with Crippen LogP contribution in [0.3, 0.4) is 0 Å². The molecule has 108 heavy (non-hydrogen) atoms. The number of aromatic nitrogens is 12. The number of allylic oxidation sites excluding steroid dienone is 4. The summed E-state index contributed by atoms with van der Waals surface area (Å²) in [5, 5.41) is 16.7. The molecule has 0 aliphatic rings. The summed E-state index contributed by atoms with van der Waals surface area (Å²) in [5.41, 5.74) is 8.10. The van der Waals surface area contributed by atoms with Crippen molar-refractivity contribution in [1.82, 2.24) is 57.3 Å². The molecular weight excluding hydrogens is 2440 g/mol. The number of halogens is 1. The zero-order valence-electron chi connectivity index (χ0n) is 61.8. The number of methoxy groups -OCH3 is 3. The van der Waals surface area contributed by atoms with Crippen LogP contribution in [0.25, 0.3) is 68.3 Å². The molecule has 6 heterocycles. The predicted molar refractivity (Wildman–Crippen MR) is 398 cm³/mol. The van der Waals surface area contributed by atoms with Gasteiger partial charge in [0.1, 0.15) is 0 Å². The molecular formula is C81H84FIr6N13O7-6. The molecule has 0 spiro atoms. The van der Waals surface area contributed by atoms with Gasteiger partial charge in [-0.25, -0.2) is 0 Å². The number of aliphatic hydroxyl groups excluding tert-OH is 2. The van der Waals surface area contributed by atoms with Crippen LogP contribution in [0.5, 0.6) is 17.4 Å². The standard InChI is InChI=1S/C16H13N2.C12H14N3.C12H13N2O2.C11H11N2O.C10H8FN2.C10H9N2.2C5H8O2.6Ir/c1-3-7-14(8-4-1)13-18-12-11-17-16(18)15-9-5-2-6-10-15;1-14(2)11-6-4-10(5-7-11)12-13-8-9-15(12)3;1-14-7-6-13-12(14)10-5-4-9(15-2)8-11(10)16-3;1-13-10(14-2)8-12-11(13)9-6-4-3-5-7-9;1-13-9(11)7-12-10(13)8-5-3-2-4-6-8;1-12-8-7-11-10(12)9-5-3-2-4-6-9;2*1-4(6)3-5(2)7;;;;;;/h1-9,11-12H,13H2;4,6-9H,1-3H3;4,6-8H,1-3H3;3-6,8H,1-2H3;2-5,7H,1H3;2-5,7-8H,1H3;2*3,6H,1-2H3;;;;;;/q6*-1;;;;;;;;. The number of ether oxygens (including phenoxy) is 3. The summed E-state index contributed by atoms with van der Waals surface area (Å²) >= 11 is 0. The van der Waals surface area contributed by atoms with E-state index in [-0.39, 0.29) is 150 Å². The van der Waals surface area contributed by atoms with Crippen molar-refractivity contribution in [3.8, 4) is 85.7 Å². The summed E-state index contributed by atoms with van der Waals surface area (Å²) in [5.74, 6) is 6.84. The van der Waals surface area contributed by atoms with E-state index in [2.05, 4.69) is 106 Å². The fourth-order valence-electron chi connectivity index (χ4n) is 9.25. The number of hydrogen-bond donors (Lipinski definition) is 2. The third kappa shape index (κ3) is 32.6. The smallest absolute Gasteiger partial charge is 0.204 e. The molecule has 6 aromatic heterocycles. The summed E-state index contributed by atoms with van der Waals surface area (Å²) in [7, 11) is 18.3. The second-order valence-corrected chi connectivity index (χ2v) is 22.3. The van der Waals surface area contributed by atoms with Crippen LogP contribution >= 0.6 is 0 Å². The van der Waals surface area contributed by atoms with Crippen LogP contribution in [-0.2, 0) is 172 Å². The average molecular weight is 2520 g/mol. The van der Waals surface area contributed by atoms with Crippen molar-refractivity contribution >= 4 is 17.3 Å². The summed E-state index contributed by atoms with van der Waals surface area (Å²) in [6, 6.07) is 69.7. The second-order valence-electron chi connectivity index (χ2n) is 22.3. The summed E-state index contributed by atoms with van der Waals surface area (Å²) < 4.78 is 39.8. The zero-order chi connectivity index (χ0) is 73.9. The first-order valence-electron chi connectivity index (χ1n) is 31.8. The molecule has 6 radical (unpaired) electrons. The number of carbonyl (C=O) groups excluding carboxylic acids is 2. The van der Waals surface area contributed by atoms with Crippen LogP contribution in [-0.4, -0.2) is 115 Å².